The summed E-state index contributed by atoms with van der Waals surface area (Å²) in [6.45, 7) is 0.412. The Hall–Kier alpha value is -0.730. The molecule has 1 saturated heterocycles. The number of carbonyl (C=O) groups excluding carboxylic acids is 1. The molecule has 2 unspecified atom stereocenters. The lowest BCUT2D eigenvalue weighted by atomic mass is 10.2. The van der Waals surface area contributed by atoms with E-state index in [0.29, 0.717) is 13.0 Å². The van der Waals surface area contributed by atoms with Gasteiger partial charge in [0.2, 0.25) is 5.91 Å². The van der Waals surface area contributed by atoms with Gasteiger partial charge in [-0.1, -0.05) is 0 Å². The molecule has 76 valence electrons. The van der Waals surface area contributed by atoms with Crippen LogP contribution in [0.2, 0.25) is 0 Å². The molecule has 0 spiro atoms. The standard InChI is InChI=1S/C6H13N3O4/c1-7-6(10)5-2-4(3-8-5)13-9(11)12/h4-5,8,11-12H,2-3H2,1H3,(H,7,10). The average molecular weight is 191 g/mol. The second-order valence-electron chi connectivity index (χ2n) is 2.79. The molecule has 1 rings (SSSR count). The van der Waals surface area contributed by atoms with E-state index in [1.54, 1.807) is 7.05 Å². The molecule has 0 aliphatic carbocycles. The van der Waals surface area contributed by atoms with Gasteiger partial charge < -0.3 is 10.6 Å². The molecular weight excluding hydrogens is 178 g/mol. The minimum Gasteiger partial charge on any atom is -0.358 e. The summed E-state index contributed by atoms with van der Waals surface area (Å²) in [4.78, 5) is 15.6. The van der Waals surface area contributed by atoms with E-state index in [0.717, 1.165) is 0 Å². The fourth-order valence-electron chi connectivity index (χ4n) is 1.29. The van der Waals surface area contributed by atoms with Crippen molar-refractivity contribution in [3.05, 3.63) is 0 Å². The van der Waals surface area contributed by atoms with E-state index in [4.69, 9.17) is 10.4 Å². The van der Waals surface area contributed by atoms with Crippen molar-refractivity contribution >= 4 is 5.91 Å². The van der Waals surface area contributed by atoms with Crippen molar-refractivity contribution in [3.8, 4) is 0 Å². The quantitative estimate of drug-likeness (QED) is 0.404. The van der Waals surface area contributed by atoms with Crippen LogP contribution in [0.1, 0.15) is 6.42 Å². The summed E-state index contributed by atoms with van der Waals surface area (Å²) in [6.07, 6.45) is 0.0226. The van der Waals surface area contributed by atoms with E-state index < -0.39 is 6.10 Å². The summed E-state index contributed by atoms with van der Waals surface area (Å²) in [5, 5.41) is 21.7. The van der Waals surface area contributed by atoms with Gasteiger partial charge in [-0.3, -0.25) is 15.2 Å². The van der Waals surface area contributed by atoms with Crippen molar-refractivity contribution < 1.29 is 20.0 Å². The lowest BCUT2D eigenvalue weighted by Gasteiger charge is -2.11. The highest BCUT2D eigenvalue weighted by Gasteiger charge is 2.30. The summed E-state index contributed by atoms with van der Waals surface area (Å²) in [7, 11) is 1.54. The highest BCUT2D eigenvalue weighted by atomic mass is 17.1. The van der Waals surface area contributed by atoms with Gasteiger partial charge in [0.1, 0.15) is 0 Å². The molecule has 2 atom stereocenters. The molecular formula is C6H13N3O4. The number of nitrogens with zero attached hydrogens (tertiary/aromatic N) is 1. The molecule has 1 aliphatic rings. The SMILES string of the molecule is CNC(=O)C1CC(ON(O)O)CN1. The lowest BCUT2D eigenvalue weighted by Crippen LogP contribution is -2.38. The predicted octanol–water partition coefficient (Wildman–Crippen LogP) is -1.53. The van der Waals surface area contributed by atoms with Gasteiger partial charge in [0.15, 0.2) is 0 Å². The second kappa shape index (κ2) is 4.49. The lowest BCUT2D eigenvalue weighted by molar-refractivity contribution is -0.503. The van der Waals surface area contributed by atoms with E-state index in [1.165, 1.54) is 0 Å². The summed E-state index contributed by atoms with van der Waals surface area (Å²) in [5.74, 6) is -0.131. The minimum absolute atomic E-state index is 0.131. The van der Waals surface area contributed by atoms with Crippen LogP contribution in [0.4, 0.5) is 0 Å². The monoisotopic (exact) mass is 191 g/mol. The van der Waals surface area contributed by atoms with Crippen molar-refractivity contribution in [3.63, 3.8) is 0 Å². The molecule has 0 aromatic heterocycles. The molecule has 1 heterocycles. The van der Waals surface area contributed by atoms with Crippen molar-refractivity contribution in [2.45, 2.75) is 18.6 Å². The summed E-state index contributed by atoms with van der Waals surface area (Å²) >= 11 is 0. The minimum atomic E-state index is -0.391. The Labute approximate surface area is 75.1 Å². The topological polar surface area (TPSA) is 94.1 Å². The van der Waals surface area contributed by atoms with Crippen LogP contribution in [0, 0.1) is 0 Å². The Morgan fingerprint density at radius 2 is 2.38 bits per heavy atom. The van der Waals surface area contributed by atoms with E-state index in [-0.39, 0.29) is 17.3 Å². The summed E-state index contributed by atoms with van der Waals surface area (Å²) < 4.78 is 0. The molecule has 1 fully saturated rings. The number of rotatable bonds is 3. The van der Waals surface area contributed by atoms with Crippen molar-refractivity contribution in [2.75, 3.05) is 13.6 Å². The molecule has 0 aromatic rings. The highest BCUT2D eigenvalue weighted by Crippen LogP contribution is 2.10. The van der Waals surface area contributed by atoms with Gasteiger partial charge in [0.05, 0.1) is 17.5 Å². The highest BCUT2D eigenvalue weighted by molar-refractivity contribution is 5.81. The smallest absolute Gasteiger partial charge is 0.236 e. The maximum absolute atomic E-state index is 11.1. The molecule has 0 aromatic carbocycles. The van der Waals surface area contributed by atoms with Gasteiger partial charge in [-0.2, -0.15) is 0 Å². The zero-order chi connectivity index (χ0) is 9.84. The first kappa shape index (κ1) is 10.4. The third-order valence-corrected chi connectivity index (χ3v) is 1.90. The summed E-state index contributed by atoms with van der Waals surface area (Å²) in [6, 6.07) is -0.324. The van der Waals surface area contributed by atoms with Crippen molar-refractivity contribution in [1.82, 2.24) is 16.0 Å². The van der Waals surface area contributed by atoms with E-state index in [9.17, 15) is 4.79 Å². The van der Waals surface area contributed by atoms with Crippen LogP contribution in [0.3, 0.4) is 0 Å². The zero-order valence-electron chi connectivity index (χ0n) is 7.23. The molecule has 1 amide bonds. The van der Waals surface area contributed by atoms with Gasteiger partial charge in [0.25, 0.3) is 0 Å². The second-order valence-corrected chi connectivity index (χ2v) is 2.79. The number of likely N-dealkylation sites (N-methyl/N-ethyl adjacent to an activating group) is 1. The first-order chi connectivity index (χ1) is 6.13. The molecule has 0 radical (unpaired) electrons. The largest absolute Gasteiger partial charge is 0.358 e. The van der Waals surface area contributed by atoms with Crippen LogP contribution in [0.15, 0.2) is 0 Å². The Bertz CT molecular complexity index is 187. The third-order valence-electron chi connectivity index (χ3n) is 1.90. The summed E-state index contributed by atoms with van der Waals surface area (Å²) in [5.41, 5.74) is 0. The van der Waals surface area contributed by atoms with Gasteiger partial charge in [0, 0.05) is 20.0 Å². The van der Waals surface area contributed by atoms with Crippen LogP contribution >= 0.6 is 0 Å². The van der Waals surface area contributed by atoms with Crippen molar-refractivity contribution in [1.29, 1.82) is 0 Å². The van der Waals surface area contributed by atoms with Crippen LogP contribution in [0.5, 0.6) is 0 Å². The first-order valence-electron chi connectivity index (χ1n) is 3.93. The molecule has 0 saturated carbocycles. The molecule has 1 aliphatic heterocycles. The maximum Gasteiger partial charge on any atom is 0.236 e. The Balaban J connectivity index is 2.32. The van der Waals surface area contributed by atoms with Crippen molar-refractivity contribution in [2.24, 2.45) is 0 Å². The number of hydrogen-bond acceptors (Lipinski definition) is 6. The fourth-order valence-corrected chi connectivity index (χ4v) is 1.29. The average Bonchev–Trinajstić information content (AvgIpc) is 2.50. The van der Waals surface area contributed by atoms with E-state index in [1.807, 2.05) is 0 Å². The normalized spacial score (nSPS) is 28.0. The molecule has 7 nitrogen and oxygen atoms in total. The molecule has 0 bridgehead atoms. The van der Waals surface area contributed by atoms with Gasteiger partial charge in [-0.15, -0.1) is 0 Å². The molecule has 7 heteroatoms. The van der Waals surface area contributed by atoms with Crippen LogP contribution in [-0.4, -0.2) is 47.4 Å². The number of hydrogen-bond donors (Lipinski definition) is 4. The van der Waals surface area contributed by atoms with E-state index in [2.05, 4.69) is 15.5 Å². The third kappa shape index (κ3) is 2.90. The Kier molecular flexibility index (Phi) is 3.58. The van der Waals surface area contributed by atoms with Crippen LogP contribution in [-0.2, 0) is 9.63 Å². The zero-order valence-corrected chi connectivity index (χ0v) is 7.23. The Morgan fingerprint density at radius 1 is 1.69 bits per heavy atom. The van der Waals surface area contributed by atoms with Gasteiger partial charge in [-0.25, -0.2) is 4.84 Å². The van der Waals surface area contributed by atoms with Gasteiger partial charge >= 0.3 is 0 Å². The molecule has 13 heavy (non-hydrogen) atoms. The predicted molar refractivity (Wildman–Crippen MR) is 40.8 cm³/mol. The fraction of sp³-hybridized carbons (Fsp3) is 0.833. The number of carbonyl (C=O) groups is 1. The number of nitrogens with one attached hydrogen (secondary N) is 2. The molecule has 4 N–H and O–H groups in total. The van der Waals surface area contributed by atoms with E-state index >= 15 is 0 Å². The van der Waals surface area contributed by atoms with Gasteiger partial charge in [-0.05, 0) is 0 Å². The van der Waals surface area contributed by atoms with Crippen LogP contribution in [0.25, 0.3) is 0 Å². The Morgan fingerprint density at radius 3 is 2.92 bits per heavy atom. The van der Waals surface area contributed by atoms with Crippen LogP contribution < -0.4 is 10.6 Å². The maximum atomic E-state index is 11.1. The first-order valence-corrected chi connectivity index (χ1v) is 3.93. The number of amides is 1.